The van der Waals surface area contributed by atoms with Gasteiger partial charge in [0.25, 0.3) is 0 Å². The van der Waals surface area contributed by atoms with Crippen molar-refractivity contribution in [1.29, 1.82) is 0 Å². The molecule has 0 heterocycles. The molecule has 0 bridgehead atoms. The molecule has 0 amide bonds. The number of hydrogen-bond acceptors (Lipinski definition) is 2. The van der Waals surface area contributed by atoms with Gasteiger partial charge in [-0.2, -0.15) is 0 Å². The minimum absolute atomic E-state index is 0.199. The number of nitrogens with two attached hydrogens (primary N) is 1. The summed E-state index contributed by atoms with van der Waals surface area (Å²) in [7, 11) is 0. The summed E-state index contributed by atoms with van der Waals surface area (Å²) in [5.74, 6) is -0.199. The van der Waals surface area contributed by atoms with Crippen LogP contribution in [-0.2, 0) is 11.3 Å². The van der Waals surface area contributed by atoms with Crippen molar-refractivity contribution in [1.82, 2.24) is 0 Å². The third kappa shape index (κ3) is 3.51. The highest BCUT2D eigenvalue weighted by Crippen LogP contribution is 2.21. The Kier molecular flexibility index (Phi) is 4.13. The van der Waals surface area contributed by atoms with E-state index in [2.05, 4.69) is 0 Å². The Labute approximate surface area is 102 Å². The second-order valence-corrected chi connectivity index (χ2v) is 4.93. The summed E-state index contributed by atoms with van der Waals surface area (Å²) < 4.78 is 18.9. The van der Waals surface area contributed by atoms with Crippen LogP contribution in [0.25, 0.3) is 0 Å². The summed E-state index contributed by atoms with van der Waals surface area (Å²) in [6.07, 6.45) is 4.46. The molecule has 94 valence electrons. The predicted molar refractivity (Wildman–Crippen MR) is 66.2 cm³/mol. The van der Waals surface area contributed by atoms with Crippen LogP contribution in [0.3, 0.4) is 0 Å². The van der Waals surface area contributed by atoms with Gasteiger partial charge in [0.2, 0.25) is 0 Å². The Morgan fingerprint density at radius 3 is 3.00 bits per heavy atom. The number of aryl methyl sites for hydroxylation is 1. The third-order valence-electron chi connectivity index (χ3n) is 3.45. The maximum atomic E-state index is 13.1. The smallest absolute Gasteiger partial charge is 0.123 e. The van der Waals surface area contributed by atoms with Crippen molar-refractivity contribution in [2.75, 3.05) is 0 Å². The van der Waals surface area contributed by atoms with Crippen molar-refractivity contribution in [3.05, 3.63) is 35.1 Å². The first-order valence-corrected chi connectivity index (χ1v) is 6.27. The van der Waals surface area contributed by atoms with Crippen LogP contribution in [0.2, 0.25) is 0 Å². The van der Waals surface area contributed by atoms with Gasteiger partial charge in [-0.1, -0.05) is 6.07 Å². The maximum Gasteiger partial charge on any atom is 0.123 e. The van der Waals surface area contributed by atoms with Gasteiger partial charge in [-0.15, -0.1) is 0 Å². The monoisotopic (exact) mass is 237 g/mol. The molecule has 1 aliphatic rings. The van der Waals surface area contributed by atoms with Gasteiger partial charge in [0.1, 0.15) is 5.82 Å². The van der Waals surface area contributed by atoms with Gasteiger partial charge in [0.15, 0.2) is 0 Å². The van der Waals surface area contributed by atoms with Crippen LogP contribution in [0.1, 0.15) is 36.8 Å². The fraction of sp³-hybridized carbons (Fsp3) is 0.571. The van der Waals surface area contributed by atoms with Crippen molar-refractivity contribution in [2.45, 2.75) is 51.4 Å². The first-order chi connectivity index (χ1) is 8.15. The molecule has 0 aromatic heterocycles. The number of hydrogen-bond donors (Lipinski definition) is 1. The standard InChI is InChI=1S/C14H20FNO/c1-10-5-6-12(15)7-11(10)9-17-14-4-2-3-13(16)8-14/h5-7,13-14H,2-4,8-9,16H2,1H3. The van der Waals surface area contributed by atoms with E-state index in [1.54, 1.807) is 12.1 Å². The second kappa shape index (κ2) is 5.61. The Balaban J connectivity index is 1.90. The highest BCUT2D eigenvalue weighted by molar-refractivity contribution is 5.25. The fourth-order valence-electron chi connectivity index (χ4n) is 2.34. The summed E-state index contributed by atoms with van der Waals surface area (Å²) in [6, 6.07) is 5.09. The summed E-state index contributed by atoms with van der Waals surface area (Å²) >= 11 is 0. The van der Waals surface area contributed by atoms with Crippen LogP contribution in [0.5, 0.6) is 0 Å². The summed E-state index contributed by atoms with van der Waals surface area (Å²) in [5.41, 5.74) is 7.92. The van der Waals surface area contributed by atoms with E-state index in [4.69, 9.17) is 10.5 Å². The molecule has 2 nitrogen and oxygen atoms in total. The third-order valence-corrected chi connectivity index (χ3v) is 3.45. The lowest BCUT2D eigenvalue weighted by Crippen LogP contribution is -2.32. The molecule has 0 saturated heterocycles. The van der Waals surface area contributed by atoms with Gasteiger partial charge in [-0.25, -0.2) is 4.39 Å². The second-order valence-electron chi connectivity index (χ2n) is 4.93. The van der Waals surface area contributed by atoms with Gasteiger partial charge < -0.3 is 10.5 Å². The Morgan fingerprint density at radius 1 is 1.41 bits per heavy atom. The number of rotatable bonds is 3. The number of ether oxygens (including phenoxy) is 1. The van der Waals surface area contributed by atoms with Crippen molar-refractivity contribution < 1.29 is 9.13 Å². The van der Waals surface area contributed by atoms with E-state index in [0.29, 0.717) is 6.61 Å². The van der Waals surface area contributed by atoms with E-state index in [1.807, 2.05) is 6.92 Å². The topological polar surface area (TPSA) is 35.2 Å². The molecule has 1 saturated carbocycles. The molecular weight excluding hydrogens is 217 g/mol. The SMILES string of the molecule is Cc1ccc(F)cc1COC1CCCC(N)C1. The van der Waals surface area contributed by atoms with Crippen molar-refractivity contribution >= 4 is 0 Å². The van der Waals surface area contributed by atoms with E-state index in [1.165, 1.54) is 6.07 Å². The van der Waals surface area contributed by atoms with Gasteiger partial charge in [0, 0.05) is 6.04 Å². The van der Waals surface area contributed by atoms with Crippen LogP contribution in [0.4, 0.5) is 4.39 Å². The normalized spacial score (nSPS) is 24.9. The molecular formula is C14H20FNO. The zero-order valence-corrected chi connectivity index (χ0v) is 10.3. The minimum Gasteiger partial charge on any atom is -0.373 e. The molecule has 2 N–H and O–H groups in total. The Bertz CT molecular complexity index is 380. The van der Waals surface area contributed by atoms with E-state index >= 15 is 0 Å². The van der Waals surface area contributed by atoms with Gasteiger partial charge in [0.05, 0.1) is 12.7 Å². The van der Waals surface area contributed by atoms with E-state index < -0.39 is 0 Å². The molecule has 2 unspecified atom stereocenters. The largest absolute Gasteiger partial charge is 0.373 e. The molecule has 0 spiro atoms. The van der Waals surface area contributed by atoms with E-state index in [9.17, 15) is 4.39 Å². The first kappa shape index (κ1) is 12.5. The molecule has 2 atom stereocenters. The van der Waals surface area contributed by atoms with Crippen LogP contribution < -0.4 is 5.73 Å². The highest BCUT2D eigenvalue weighted by atomic mass is 19.1. The minimum atomic E-state index is -0.199. The van der Waals surface area contributed by atoms with Crippen molar-refractivity contribution in [3.63, 3.8) is 0 Å². The average Bonchev–Trinajstić information content (AvgIpc) is 2.30. The summed E-state index contributed by atoms with van der Waals surface area (Å²) in [4.78, 5) is 0. The first-order valence-electron chi connectivity index (χ1n) is 6.27. The molecule has 2 rings (SSSR count). The number of halogens is 1. The van der Waals surface area contributed by atoms with Gasteiger partial charge in [-0.3, -0.25) is 0 Å². The molecule has 1 aliphatic carbocycles. The summed E-state index contributed by atoms with van der Waals surface area (Å²) in [6.45, 7) is 2.46. The van der Waals surface area contributed by atoms with Crippen molar-refractivity contribution in [2.24, 2.45) is 5.73 Å². The molecule has 1 aromatic rings. The predicted octanol–water partition coefficient (Wildman–Crippen LogP) is 2.92. The van der Waals surface area contributed by atoms with E-state index in [-0.39, 0.29) is 18.0 Å². The maximum absolute atomic E-state index is 13.1. The molecule has 3 heteroatoms. The molecule has 0 radical (unpaired) electrons. The lowest BCUT2D eigenvalue weighted by Gasteiger charge is -2.26. The molecule has 1 aromatic carbocycles. The zero-order valence-electron chi connectivity index (χ0n) is 10.3. The quantitative estimate of drug-likeness (QED) is 0.877. The van der Waals surface area contributed by atoms with Crippen molar-refractivity contribution in [3.8, 4) is 0 Å². The van der Waals surface area contributed by atoms with E-state index in [0.717, 1.165) is 36.8 Å². The zero-order chi connectivity index (χ0) is 12.3. The Hall–Kier alpha value is -0.930. The van der Waals surface area contributed by atoms with Gasteiger partial charge in [-0.05, 0) is 55.9 Å². The molecule has 0 aliphatic heterocycles. The molecule has 1 fully saturated rings. The van der Waals surface area contributed by atoms with Gasteiger partial charge >= 0.3 is 0 Å². The highest BCUT2D eigenvalue weighted by Gasteiger charge is 2.19. The lowest BCUT2D eigenvalue weighted by atomic mass is 9.93. The Morgan fingerprint density at radius 2 is 2.24 bits per heavy atom. The lowest BCUT2D eigenvalue weighted by molar-refractivity contribution is 0.0119. The van der Waals surface area contributed by atoms with Crippen LogP contribution in [-0.4, -0.2) is 12.1 Å². The van der Waals surface area contributed by atoms with Crippen LogP contribution >= 0.6 is 0 Å². The molecule has 17 heavy (non-hydrogen) atoms. The van der Waals surface area contributed by atoms with Crippen LogP contribution in [0, 0.1) is 12.7 Å². The fourth-order valence-corrected chi connectivity index (χ4v) is 2.34. The van der Waals surface area contributed by atoms with Crippen LogP contribution in [0.15, 0.2) is 18.2 Å². The summed E-state index contributed by atoms with van der Waals surface area (Å²) in [5, 5.41) is 0. The average molecular weight is 237 g/mol. The number of benzene rings is 1.